The van der Waals surface area contributed by atoms with E-state index in [-0.39, 0.29) is 6.10 Å². The fourth-order valence-corrected chi connectivity index (χ4v) is 3.83. The number of β-amino-alcohol motifs (C(OH)–C–C–N with tert-alkyl or cyclic N) is 1. The van der Waals surface area contributed by atoms with Gasteiger partial charge in [-0.15, -0.1) is 0 Å². The summed E-state index contributed by atoms with van der Waals surface area (Å²) in [6.45, 7) is 2.21. The van der Waals surface area contributed by atoms with Crippen molar-refractivity contribution in [2.45, 2.75) is 43.6 Å². The van der Waals surface area contributed by atoms with E-state index in [0.717, 1.165) is 38.0 Å². The van der Waals surface area contributed by atoms with Crippen LogP contribution in [0.1, 0.15) is 30.9 Å². The highest BCUT2D eigenvalue weighted by atomic mass is 35.5. The van der Waals surface area contributed by atoms with Gasteiger partial charge in [0.2, 0.25) is 0 Å². The van der Waals surface area contributed by atoms with Crippen LogP contribution in [0.25, 0.3) is 0 Å². The summed E-state index contributed by atoms with van der Waals surface area (Å²) in [6, 6.07) is 7.80. The van der Waals surface area contributed by atoms with Gasteiger partial charge in [-0.3, -0.25) is 4.90 Å². The van der Waals surface area contributed by atoms with Crippen LogP contribution in [-0.4, -0.2) is 55.1 Å². The van der Waals surface area contributed by atoms with Gasteiger partial charge < -0.3 is 14.6 Å². The van der Waals surface area contributed by atoms with E-state index in [1.165, 1.54) is 0 Å². The molecule has 4 atom stereocenters. The minimum Gasteiger partial charge on any atom is -0.387 e. The first-order valence-electron chi connectivity index (χ1n) is 7.99. The summed E-state index contributed by atoms with van der Waals surface area (Å²) in [5.74, 6) is 0. The standard InChI is InChI=1S/C17H24ClNO3/c1-21-14-5-6-17-15(10-14)19(7-8-22-17)11-16(20)12-3-2-4-13(18)9-12/h2-4,9,14-17,20H,5-8,10-11H2,1H3. The van der Waals surface area contributed by atoms with Gasteiger partial charge in [0.1, 0.15) is 0 Å². The molecule has 2 fully saturated rings. The Hall–Kier alpha value is -0.650. The first-order chi connectivity index (χ1) is 10.7. The highest BCUT2D eigenvalue weighted by Gasteiger charge is 2.38. The van der Waals surface area contributed by atoms with E-state index in [1.807, 2.05) is 24.3 Å². The lowest BCUT2D eigenvalue weighted by atomic mass is 9.87. The lowest BCUT2D eigenvalue weighted by molar-refractivity contribution is -0.120. The zero-order valence-electron chi connectivity index (χ0n) is 13.0. The molecule has 1 N–H and O–H groups in total. The first-order valence-corrected chi connectivity index (χ1v) is 8.37. The quantitative estimate of drug-likeness (QED) is 0.924. The van der Waals surface area contributed by atoms with Gasteiger partial charge in [0.15, 0.2) is 0 Å². The maximum Gasteiger partial charge on any atom is 0.0917 e. The molecule has 1 saturated heterocycles. The third kappa shape index (κ3) is 3.63. The van der Waals surface area contributed by atoms with Crippen LogP contribution in [0.2, 0.25) is 5.02 Å². The monoisotopic (exact) mass is 325 g/mol. The smallest absolute Gasteiger partial charge is 0.0917 e. The Kier molecular flexibility index (Phi) is 5.37. The summed E-state index contributed by atoms with van der Waals surface area (Å²) in [7, 11) is 1.78. The van der Waals surface area contributed by atoms with Gasteiger partial charge in [-0.05, 0) is 37.0 Å². The molecule has 1 heterocycles. The van der Waals surface area contributed by atoms with Crippen LogP contribution >= 0.6 is 11.6 Å². The molecule has 1 aromatic carbocycles. The number of hydrogen-bond acceptors (Lipinski definition) is 4. The fraction of sp³-hybridized carbons (Fsp3) is 0.647. The SMILES string of the molecule is COC1CCC2OCCN(CC(O)c3cccc(Cl)c3)C2C1. The van der Waals surface area contributed by atoms with Gasteiger partial charge >= 0.3 is 0 Å². The van der Waals surface area contributed by atoms with Crippen molar-refractivity contribution in [2.75, 3.05) is 26.8 Å². The van der Waals surface area contributed by atoms with Gasteiger partial charge in [-0.1, -0.05) is 23.7 Å². The van der Waals surface area contributed by atoms with Gasteiger partial charge in [-0.2, -0.15) is 0 Å². The largest absolute Gasteiger partial charge is 0.387 e. The highest BCUT2D eigenvalue weighted by molar-refractivity contribution is 6.30. The Labute approximate surface area is 137 Å². The maximum atomic E-state index is 10.5. The molecule has 0 amide bonds. The molecule has 0 spiro atoms. The second kappa shape index (κ2) is 7.28. The Morgan fingerprint density at radius 2 is 2.32 bits per heavy atom. The minimum atomic E-state index is -0.527. The number of fused-ring (bicyclic) bond motifs is 1. The summed E-state index contributed by atoms with van der Waals surface area (Å²) in [5, 5.41) is 11.2. The number of benzene rings is 1. The molecule has 1 aromatic rings. The van der Waals surface area contributed by atoms with Gasteiger partial charge in [-0.25, -0.2) is 0 Å². The predicted octanol–water partition coefficient (Wildman–Crippen LogP) is 2.64. The van der Waals surface area contributed by atoms with Crippen molar-refractivity contribution >= 4 is 11.6 Å². The van der Waals surface area contributed by atoms with Gasteiger partial charge in [0, 0.05) is 31.3 Å². The molecular formula is C17H24ClNO3. The topological polar surface area (TPSA) is 41.9 Å². The van der Waals surface area contributed by atoms with Crippen molar-refractivity contribution in [1.82, 2.24) is 4.90 Å². The number of morpholine rings is 1. The first kappa shape index (κ1) is 16.2. The summed E-state index contributed by atoms with van der Waals surface area (Å²) >= 11 is 6.02. The summed E-state index contributed by atoms with van der Waals surface area (Å²) in [5.41, 5.74) is 0.870. The van der Waals surface area contributed by atoms with E-state index in [4.69, 9.17) is 21.1 Å². The number of aliphatic hydroxyl groups is 1. The van der Waals surface area contributed by atoms with Crippen LogP contribution in [-0.2, 0) is 9.47 Å². The van der Waals surface area contributed by atoms with Crippen molar-refractivity contribution < 1.29 is 14.6 Å². The van der Waals surface area contributed by atoms with E-state index in [1.54, 1.807) is 7.11 Å². The zero-order chi connectivity index (χ0) is 15.5. The van der Waals surface area contributed by atoms with Crippen molar-refractivity contribution in [1.29, 1.82) is 0 Å². The summed E-state index contributed by atoms with van der Waals surface area (Å²) in [6.07, 6.45) is 3.11. The Bertz CT molecular complexity index is 499. The van der Waals surface area contributed by atoms with Crippen LogP contribution in [0.5, 0.6) is 0 Å². The molecule has 0 radical (unpaired) electrons. The van der Waals surface area contributed by atoms with Crippen LogP contribution < -0.4 is 0 Å². The average molecular weight is 326 g/mol. The predicted molar refractivity (Wildman–Crippen MR) is 86.2 cm³/mol. The Morgan fingerprint density at radius 3 is 3.09 bits per heavy atom. The molecule has 0 bridgehead atoms. The van der Waals surface area contributed by atoms with E-state index in [2.05, 4.69) is 4.90 Å². The lowest BCUT2D eigenvalue weighted by Gasteiger charge is -2.46. The molecule has 1 aliphatic carbocycles. The molecule has 4 unspecified atom stereocenters. The third-order valence-electron chi connectivity index (χ3n) is 4.86. The molecule has 1 aliphatic heterocycles. The molecule has 1 saturated carbocycles. The number of hydrogen-bond donors (Lipinski definition) is 1. The van der Waals surface area contributed by atoms with Crippen LogP contribution in [0.15, 0.2) is 24.3 Å². The Balaban J connectivity index is 1.67. The highest BCUT2D eigenvalue weighted by Crippen LogP contribution is 2.31. The average Bonchev–Trinajstić information content (AvgIpc) is 2.54. The number of nitrogens with zero attached hydrogens (tertiary/aromatic N) is 1. The molecular weight excluding hydrogens is 302 g/mol. The molecule has 5 heteroatoms. The van der Waals surface area contributed by atoms with Crippen molar-refractivity contribution in [3.8, 4) is 0 Å². The molecule has 22 heavy (non-hydrogen) atoms. The van der Waals surface area contributed by atoms with Crippen molar-refractivity contribution in [3.05, 3.63) is 34.9 Å². The molecule has 4 nitrogen and oxygen atoms in total. The van der Waals surface area contributed by atoms with Crippen molar-refractivity contribution in [3.63, 3.8) is 0 Å². The normalized spacial score (nSPS) is 30.8. The third-order valence-corrected chi connectivity index (χ3v) is 5.10. The Morgan fingerprint density at radius 1 is 1.45 bits per heavy atom. The number of rotatable bonds is 4. The zero-order valence-corrected chi connectivity index (χ0v) is 13.7. The molecule has 3 rings (SSSR count). The number of ether oxygens (including phenoxy) is 2. The summed E-state index contributed by atoms with van der Waals surface area (Å²) in [4.78, 5) is 2.35. The van der Waals surface area contributed by atoms with E-state index in [0.29, 0.717) is 23.7 Å². The molecule has 2 aliphatic rings. The maximum absolute atomic E-state index is 10.5. The lowest BCUT2D eigenvalue weighted by Crippen LogP contribution is -2.55. The second-order valence-corrected chi connectivity index (χ2v) is 6.65. The summed E-state index contributed by atoms with van der Waals surface area (Å²) < 4.78 is 11.4. The van der Waals surface area contributed by atoms with Crippen molar-refractivity contribution in [2.24, 2.45) is 0 Å². The van der Waals surface area contributed by atoms with Gasteiger partial charge in [0.25, 0.3) is 0 Å². The molecule has 0 aromatic heterocycles. The number of aliphatic hydroxyl groups excluding tert-OH is 1. The van der Waals surface area contributed by atoms with E-state index < -0.39 is 6.10 Å². The number of methoxy groups -OCH3 is 1. The second-order valence-electron chi connectivity index (χ2n) is 6.21. The fourth-order valence-electron chi connectivity index (χ4n) is 3.63. The van der Waals surface area contributed by atoms with E-state index >= 15 is 0 Å². The van der Waals surface area contributed by atoms with E-state index in [9.17, 15) is 5.11 Å². The van der Waals surface area contributed by atoms with Crippen LogP contribution in [0, 0.1) is 0 Å². The van der Waals surface area contributed by atoms with Gasteiger partial charge in [0.05, 0.1) is 24.9 Å². The molecule has 122 valence electrons. The van der Waals surface area contributed by atoms with Crippen LogP contribution in [0.4, 0.5) is 0 Å². The number of halogens is 1. The minimum absolute atomic E-state index is 0.270. The van der Waals surface area contributed by atoms with Crippen LogP contribution in [0.3, 0.4) is 0 Å².